The van der Waals surface area contributed by atoms with Crippen molar-refractivity contribution in [3.05, 3.63) is 24.4 Å². The zero-order valence-corrected chi connectivity index (χ0v) is 15.2. The minimum atomic E-state index is -0.483. The van der Waals surface area contributed by atoms with Crippen LogP contribution in [0.3, 0.4) is 0 Å². The van der Waals surface area contributed by atoms with Gasteiger partial charge in [0.25, 0.3) is 0 Å². The van der Waals surface area contributed by atoms with Crippen molar-refractivity contribution in [1.29, 1.82) is 0 Å². The minimum Gasteiger partial charge on any atom is -0.444 e. The zero-order chi connectivity index (χ0) is 18.2. The summed E-state index contributed by atoms with van der Waals surface area (Å²) in [6.45, 7) is 9.59. The number of hydrogen-bond donors (Lipinski definition) is 1. The van der Waals surface area contributed by atoms with Gasteiger partial charge in [0.1, 0.15) is 11.4 Å². The molecule has 1 saturated heterocycles. The Morgan fingerprint density at radius 1 is 1.28 bits per heavy atom. The number of ether oxygens (including phenoxy) is 1. The van der Waals surface area contributed by atoms with Crippen LogP contribution in [0.15, 0.2) is 24.4 Å². The number of rotatable bonds is 1. The first kappa shape index (κ1) is 17.3. The molecule has 3 rings (SSSR count). The molecule has 0 saturated carbocycles. The first-order valence-electron chi connectivity index (χ1n) is 8.50. The second-order valence-corrected chi connectivity index (χ2v) is 7.45. The standard InChI is InChI=1S/C18H25N5O2/c1-12-11-22(17(24)25-18(2,3)4)7-8-23(12)16-10-20-15-9-13(19)5-6-14(15)21-16/h5-6,9-10,12H,7-8,11,19H2,1-4H3/t12-/m0/s1. The molecule has 2 heterocycles. The van der Waals surface area contributed by atoms with Crippen molar-refractivity contribution in [3.8, 4) is 0 Å². The van der Waals surface area contributed by atoms with Gasteiger partial charge in [-0.05, 0) is 45.9 Å². The number of carbonyl (C=O) groups is 1. The van der Waals surface area contributed by atoms with E-state index in [1.165, 1.54) is 0 Å². The van der Waals surface area contributed by atoms with Gasteiger partial charge in [0.05, 0.1) is 17.2 Å². The van der Waals surface area contributed by atoms with Gasteiger partial charge in [-0.2, -0.15) is 0 Å². The summed E-state index contributed by atoms with van der Waals surface area (Å²) in [7, 11) is 0. The van der Waals surface area contributed by atoms with Gasteiger partial charge in [-0.15, -0.1) is 0 Å². The molecule has 0 spiro atoms. The van der Waals surface area contributed by atoms with E-state index in [-0.39, 0.29) is 12.1 Å². The molecule has 25 heavy (non-hydrogen) atoms. The molecule has 7 nitrogen and oxygen atoms in total. The van der Waals surface area contributed by atoms with Crippen molar-refractivity contribution in [3.63, 3.8) is 0 Å². The number of nitrogens with zero attached hydrogens (tertiary/aromatic N) is 4. The monoisotopic (exact) mass is 343 g/mol. The second-order valence-electron chi connectivity index (χ2n) is 7.45. The van der Waals surface area contributed by atoms with E-state index >= 15 is 0 Å². The van der Waals surface area contributed by atoms with E-state index in [0.29, 0.717) is 25.3 Å². The molecule has 1 fully saturated rings. The lowest BCUT2D eigenvalue weighted by molar-refractivity contribution is 0.0218. The molecule has 1 amide bonds. The van der Waals surface area contributed by atoms with Crippen LogP contribution in [0.2, 0.25) is 0 Å². The summed E-state index contributed by atoms with van der Waals surface area (Å²) >= 11 is 0. The highest BCUT2D eigenvalue weighted by Crippen LogP contribution is 2.22. The predicted molar refractivity (Wildman–Crippen MR) is 98.6 cm³/mol. The van der Waals surface area contributed by atoms with Crippen molar-refractivity contribution >= 4 is 28.6 Å². The van der Waals surface area contributed by atoms with Gasteiger partial charge in [0.15, 0.2) is 0 Å². The van der Waals surface area contributed by atoms with Crippen LogP contribution in [-0.4, -0.2) is 52.2 Å². The Bertz CT molecular complexity index is 787. The van der Waals surface area contributed by atoms with E-state index in [2.05, 4.69) is 16.8 Å². The molecule has 1 aromatic carbocycles. The molecular formula is C18H25N5O2. The Hall–Kier alpha value is -2.57. The van der Waals surface area contributed by atoms with Crippen LogP contribution in [0.1, 0.15) is 27.7 Å². The number of aromatic nitrogens is 2. The molecule has 0 radical (unpaired) electrons. The Morgan fingerprint density at radius 2 is 2.04 bits per heavy atom. The van der Waals surface area contributed by atoms with E-state index in [1.807, 2.05) is 39.0 Å². The fourth-order valence-corrected chi connectivity index (χ4v) is 2.95. The van der Waals surface area contributed by atoms with Gasteiger partial charge in [-0.25, -0.2) is 9.78 Å². The lowest BCUT2D eigenvalue weighted by Gasteiger charge is -2.40. The highest BCUT2D eigenvalue weighted by atomic mass is 16.6. The summed E-state index contributed by atoms with van der Waals surface area (Å²) in [4.78, 5) is 25.3. The molecular weight excluding hydrogens is 318 g/mol. The molecule has 0 bridgehead atoms. The van der Waals surface area contributed by atoms with Crippen LogP contribution in [0.25, 0.3) is 11.0 Å². The quantitative estimate of drug-likeness (QED) is 0.801. The third kappa shape index (κ3) is 3.92. The predicted octanol–water partition coefficient (Wildman–Crippen LogP) is 2.66. The van der Waals surface area contributed by atoms with E-state index in [1.54, 1.807) is 11.1 Å². The Balaban J connectivity index is 1.73. The smallest absolute Gasteiger partial charge is 0.410 e. The van der Waals surface area contributed by atoms with Crippen molar-refractivity contribution in [2.75, 3.05) is 30.3 Å². The van der Waals surface area contributed by atoms with Gasteiger partial charge >= 0.3 is 6.09 Å². The van der Waals surface area contributed by atoms with Crippen LogP contribution in [0, 0.1) is 0 Å². The van der Waals surface area contributed by atoms with Crippen molar-refractivity contribution < 1.29 is 9.53 Å². The summed E-state index contributed by atoms with van der Waals surface area (Å²) < 4.78 is 5.46. The molecule has 0 aliphatic carbocycles. The number of amides is 1. The Morgan fingerprint density at radius 3 is 2.72 bits per heavy atom. The number of anilines is 2. The van der Waals surface area contributed by atoms with Crippen molar-refractivity contribution in [2.24, 2.45) is 0 Å². The lowest BCUT2D eigenvalue weighted by Crippen LogP contribution is -2.54. The molecule has 2 aromatic rings. The number of nitrogens with two attached hydrogens (primary N) is 1. The number of nitrogen functional groups attached to an aromatic ring is 1. The molecule has 1 aromatic heterocycles. The molecule has 1 aliphatic rings. The third-order valence-electron chi connectivity index (χ3n) is 4.13. The summed E-state index contributed by atoms with van der Waals surface area (Å²) in [6.07, 6.45) is 1.50. The van der Waals surface area contributed by atoms with Crippen molar-refractivity contribution in [1.82, 2.24) is 14.9 Å². The number of hydrogen-bond acceptors (Lipinski definition) is 6. The fraction of sp³-hybridized carbons (Fsp3) is 0.500. The average molecular weight is 343 g/mol. The summed E-state index contributed by atoms with van der Waals surface area (Å²) in [5.41, 5.74) is 7.57. The van der Waals surface area contributed by atoms with E-state index in [4.69, 9.17) is 15.5 Å². The molecule has 2 N–H and O–H groups in total. The van der Waals surface area contributed by atoms with Crippen LogP contribution in [0.5, 0.6) is 0 Å². The third-order valence-corrected chi connectivity index (χ3v) is 4.13. The maximum absolute atomic E-state index is 12.3. The normalized spacial score (nSPS) is 18.5. The summed E-state index contributed by atoms with van der Waals surface area (Å²) in [5, 5.41) is 0. The SMILES string of the molecule is C[C@H]1CN(C(=O)OC(C)(C)C)CCN1c1cnc2cc(N)ccc2n1. The molecule has 7 heteroatoms. The largest absolute Gasteiger partial charge is 0.444 e. The zero-order valence-electron chi connectivity index (χ0n) is 15.2. The van der Waals surface area contributed by atoms with Crippen LogP contribution in [-0.2, 0) is 4.74 Å². The number of fused-ring (bicyclic) bond motifs is 1. The van der Waals surface area contributed by atoms with Gasteiger partial charge in [0, 0.05) is 31.4 Å². The maximum atomic E-state index is 12.3. The maximum Gasteiger partial charge on any atom is 0.410 e. The van der Waals surface area contributed by atoms with Crippen LogP contribution in [0.4, 0.5) is 16.3 Å². The summed E-state index contributed by atoms with van der Waals surface area (Å²) in [5.74, 6) is 0.814. The van der Waals surface area contributed by atoms with Crippen LogP contribution >= 0.6 is 0 Å². The number of benzene rings is 1. The lowest BCUT2D eigenvalue weighted by atomic mass is 10.2. The first-order valence-corrected chi connectivity index (χ1v) is 8.50. The van der Waals surface area contributed by atoms with Gasteiger partial charge in [0.2, 0.25) is 0 Å². The highest BCUT2D eigenvalue weighted by Gasteiger charge is 2.30. The first-order chi connectivity index (χ1) is 11.7. The van der Waals surface area contributed by atoms with E-state index in [0.717, 1.165) is 16.9 Å². The molecule has 0 unspecified atom stereocenters. The van der Waals surface area contributed by atoms with E-state index in [9.17, 15) is 4.79 Å². The second kappa shape index (κ2) is 6.38. The summed E-state index contributed by atoms with van der Waals surface area (Å²) in [6, 6.07) is 5.64. The fourth-order valence-electron chi connectivity index (χ4n) is 2.95. The Labute approximate surface area is 147 Å². The minimum absolute atomic E-state index is 0.127. The van der Waals surface area contributed by atoms with Crippen LogP contribution < -0.4 is 10.6 Å². The number of carbonyl (C=O) groups excluding carboxylic acids is 1. The topological polar surface area (TPSA) is 84.6 Å². The van der Waals surface area contributed by atoms with Crippen molar-refractivity contribution in [2.45, 2.75) is 39.3 Å². The Kier molecular flexibility index (Phi) is 4.41. The molecule has 134 valence electrons. The molecule has 1 aliphatic heterocycles. The van der Waals surface area contributed by atoms with Gasteiger partial charge < -0.3 is 20.3 Å². The highest BCUT2D eigenvalue weighted by molar-refractivity contribution is 5.79. The van der Waals surface area contributed by atoms with Gasteiger partial charge in [-0.3, -0.25) is 4.98 Å². The molecule has 1 atom stereocenters. The van der Waals surface area contributed by atoms with Gasteiger partial charge in [-0.1, -0.05) is 0 Å². The number of piperazine rings is 1. The average Bonchev–Trinajstić information content (AvgIpc) is 2.52. The van der Waals surface area contributed by atoms with E-state index < -0.39 is 5.60 Å².